The van der Waals surface area contributed by atoms with Gasteiger partial charge >= 0.3 is 11.9 Å². The quantitative estimate of drug-likeness (QED) is 0.0514. The summed E-state index contributed by atoms with van der Waals surface area (Å²) in [4.78, 5) is 75.5. The maximum atomic E-state index is 12.8. The number of carboxylic acid groups (broad SMARTS) is 2. The zero-order valence-corrected chi connectivity index (χ0v) is 20.2. The summed E-state index contributed by atoms with van der Waals surface area (Å²) in [6.07, 6.45) is -1.02. The van der Waals surface area contributed by atoms with Crippen molar-refractivity contribution in [3.05, 3.63) is 0 Å². The first kappa shape index (κ1) is 32.0. The summed E-state index contributed by atoms with van der Waals surface area (Å²) in [6, 6.07) is -5.47. The highest BCUT2D eigenvalue weighted by molar-refractivity contribution is 5.95. The average Bonchev–Trinajstić information content (AvgIpc) is 2.75. The van der Waals surface area contributed by atoms with E-state index in [9.17, 15) is 33.9 Å². The van der Waals surface area contributed by atoms with Gasteiger partial charge in [0.15, 0.2) is 5.96 Å². The van der Waals surface area contributed by atoms with Crippen molar-refractivity contribution >= 4 is 41.5 Å². The number of guanidine groups is 1. The van der Waals surface area contributed by atoms with Crippen LogP contribution in [0.4, 0.5) is 0 Å². The van der Waals surface area contributed by atoms with E-state index >= 15 is 0 Å². The Morgan fingerprint density at radius 2 is 1.39 bits per heavy atom. The van der Waals surface area contributed by atoms with Crippen molar-refractivity contribution in [2.75, 3.05) is 6.54 Å². The van der Waals surface area contributed by atoms with E-state index < -0.39 is 72.1 Å². The lowest BCUT2D eigenvalue weighted by atomic mass is 10.0. The molecular formula is C20H36N8O8. The van der Waals surface area contributed by atoms with Gasteiger partial charge in [-0.1, -0.05) is 13.8 Å². The lowest BCUT2D eigenvalue weighted by Gasteiger charge is -2.25. The number of nitrogens with one attached hydrogen (secondary N) is 3. The van der Waals surface area contributed by atoms with E-state index in [0.29, 0.717) is 6.42 Å². The third kappa shape index (κ3) is 13.1. The molecule has 4 unspecified atom stereocenters. The fraction of sp³-hybridized carbons (Fsp3) is 0.650. The molecule has 16 nitrogen and oxygen atoms in total. The molecule has 204 valence electrons. The summed E-state index contributed by atoms with van der Waals surface area (Å²) in [5, 5.41) is 25.2. The topological polar surface area (TPSA) is 295 Å². The minimum absolute atomic E-state index is 0.124. The van der Waals surface area contributed by atoms with Gasteiger partial charge in [0, 0.05) is 13.0 Å². The van der Waals surface area contributed by atoms with Crippen LogP contribution in [0, 0.1) is 5.92 Å². The van der Waals surface area contributed by atoms with Crippen LogP contribution >= 0.6 is 0 Å². The maximum absolute atomic E-state index is 12.8. The first-order chi connectivity index (χ1) is 16.6. The number of amides is 4. The number of rotatable bonds is 17. The predicted octanol–water partition coefficient (Wildman–Crippen LogP) is -3.70. The zero-order chi connectivity index (χ0) is 28.0. The van der Waals surface area contributed by atoms with Crippen LogP contribution in [-0.2, 0) is 28.8 Å². The predicted molar refractivity (Wildman–Crippen MR) is 127 cm³/mol. The fourth-order valence-electron chi connectivity index (χ4n) is 2.91. The summed E-state index contributed by atoms with van der Waals surface area (Å²) < 4.78 is 0. The molecule has 0 aromatic rings. The van der Waals surface area contributed by atoms with Crippen LogP contribution < -0.4 is 38.9 Å². The maximum Gasteiger partial charge on any atom is 0.326 e. The van der Waals surface area contributed by atoms with E-state index in [1.54, 1.807) is 13.8 Å². The molecule has 0 bridgehead atoms. The molecule has 36 heavy (non-hydrogen) atoms. The summed E-state index contributed by atoms with van der Waals surface area (Å²) in [5.41, 5.74) is 21.3. The van der Waals surface area contributed by atoms with Crippen molar-refractivity contribution in [3.63, 3.8) is 0 Å². The Morgan fingerprint density at radius 3 is 1.86 bits per heavy atom. The molecule has 0 saturated carbocycles. The van der Waals surface area contributed by atoms with E-state index in [0.717, 1.165) is 0 Å². The molecule has 0 aromatic heterocycles. The number of primary amides is 1. The van der Waals surface area contributed by atoms with Crippen LogP contribution in [0.3, 0.4) is 0 Å². The molecule has 4 atom stereocenters. The van der Waals surface area contributed by atoms with Gasteiger partial charge in [0.05, 0.1) is 12.5 Å². The molecule has 0 aliphatic rings. The molecule has 0 fully saturated rings. The molecule has 16 heteroatoms. The van der Waals surface area contributed by atoms with Crippen LogP contribution in [0.5, 0.6) is 0 Å². The largest absolute Gasteiger partial charge is 0.481 e. The number of hydrogen-bond acceptors (Lipinski definition) is 8. The molecule has 0 rings (SSSR count). The third-order valence-corrected chi connectivity index (χ3v) is 4.86. The molecule has 0 aliphatic heterocycles. The fourth-order valence-corrected chi connectivity index (χ4v) is 2.91. The Bertz CT molecular complexity index is 844. The minimum Gasteiger partial charge on any atom is -0.481 e. The first-order valence-electron chi connectivity index (χ1n) is 11.1. The second-order valence-electron chi connectivity index (χ2n) is 8.35. The molecule has 0 spiro atoms. The van der Waals surface area contributed by atoms with Gasteiger partial charge in [-0.05, 0) is 25.2 Å². The first-order valence-corrected chi connectivity index (χ1v) is 11.1. The molecule has 4 amide bonds. The third-order valence-electron chi connectivity index (χ3n) is 4.86. The Balaban J connectivity index is 5.48. The summed E-state index contributed by atoms with van der Waals surface area (Å²) in [5.74, 6) is -6.99. The number of carboxylic acids is 2. The average molecular weight is 517 g/mol. The molecule has 0 radical (unpaired) electrons. The highest BCUT2D eigenvalue weighted by Gasteiger charge is 2.32. The smallest absolute Gasteiger partial charge is 0.326 e. The number of carbonyl (C=O) groups is 6. The SMILES string of the molecule is CC(C)C(NC(=O)C(CCC(N)=O)NC(=O)C(CC(=O)O)NC(=O)C(N)CCCN=C(N)N)C(=O)O. The van der Waals surface area contributed by atoms with E-state index in [1.165, 1.54) is 0 Å². The molecule has 0 heterocycles. The Morgan fingerprint density at radius 1 is 0.833 bits per heavy atom. The second-order valence-corrected chi connectivity index (χ2v) is 8.35. The monoisotopic (exact) mass is 516 g/mol. The van der Waals surface area contributed by atoms with Gasteiger partial charge in [0.2, 0.25) is 23.6 Å². The van der Waals surface area contributed by atoms with Gasteiger partial charge in [-0.3, -0.25) is 29.0 Å². The normalized spacial score (nSPS) is 14.0. The van der Waals surface area contributed by atoms with Crippen molar-refractivity contribution in [2.24, 2.45) is 33.8 Å². The second kappa shape index (κ2) is 15.9. The number of hydrogen-bond donors (Lipinski definition) is 9. The highest BCUT2D eigenvalue weighted by Crippen LogP contribution is 2.06. The van der Waals surface area contributed by atoms with Crippen LogP contribution in [-0.4, -0.2) is 82.5 Å². The van der Waals surface area contributed by atoms with E-state index in [4.69, 9.17) is 28.0 Å². The Hall–Kier alpha value is -3.95. The number of carbonyl (C=O) groups excluding carboxylic acids is 4. The molecule has 0 aliphatic carbocycles. The van der Waals surface area contributed by atoms with Gasteiger partial charge in [0.1, 0.15) is 18.1 Å². The van der Waals surface area contributed by atoms with Gasteiger partial charge in [-0.25, -0.2) is 4.79 Å². The van der Waals surface area contributed by atoms with Crippen LogP contribution in [0.15, 0.2) is 4.99 Å². The number of nitrogens with two attached hydrogens (primary N) is 4. The number of aliphatic imine (C=N–C) groups is 1. The number of nitrogens with zero attached hydrogens (tertiary/aromatic N) is 1. The van der Waals surface area contributed by atoms with Crippen LogP contribution in [0.1, 0.15) is 46.0 Å². The minimum atomic E-state index is -1.62. The Labute approximate surface area is 207 Å². The van der Waals surface area contributed by atoms with E-state index in [1.807, 2.05) is 0 Å². The summed E-state index contributed by atoms with van der Waals surface area (Å²) >= 11 is 0. The molecule has 0 saturated heterocycles. The van der Waals surface area contributed by atoms with Gasteiger partial charge in [0.25, 0.3) is 0 Å². The molecular weight excluding hydrogens is 480 g/mol. The van der Waals surface area contributed by atoms with Crippen molar-refractivity contribution in [2.45, 2.75) is 70.1 Å². The van der Waals surface area contributed by atoms with Crippen molar-refractivity contribution < 1.29 is 39.0 Å². The lowest BCUT2D eigenvalue weighted by Crippen LogP contribution is -2.58. The zero-order valence-electron chi connectivity index (χ0n) is 20.2. The Kier molecular flexibility index (Phi) is 14.1. The number of aliphatic carboxylic acids is 2. The van der Waals surface area contributed by atoms with Crippen molar-refractivity contribution in [1.82, 2.24) is 16.0 Å². The summed E-state index contributed by atoms with van der Waals surface area (Å²) in [7, 11) is 0. The van der Waals surface area contributed by atoms with Gasteiger partial charge in [-0.2, -0.15) is 0 Å². The summed E-state index contributed by atoms with van der Waals surface area (Å²) in [6.45, 7) is 3.30. The van der Waals surface area contributed by atoms with E-state index in [-0.39, 0.29) is 31.8 Å². The van der Waals surface area contributed by atoms with Crippen molar-refractivity contribution in [1.29, 1.82) is 0 Å². The van der Waals surface area contributed by atoms with Crippen molar-refractivity contribution in [3.8, 4) is 0 Å². The van der Waals surface area contributed by atoms with Crippen LogP contribution in [0.25, 0.3) is 0 Å². The lowest BCUT2D eigenvalue weighted by molar-refractivity contribution is -0.144. The molecule has 0 aromatic carbocycles. The van der Waals surface area contributed by atoms with E-state index in [2.05, 4.69) is 20.9 Å². The van der Waals surface area contributed by atoms with Gasteiger partial charge in [-0.15, -0.1) is 0 Å². The van der Waals surface area contributed by atoms with Gasteiger partial charge < -0.3 is 49.1 Å². The highest BCUT2D eigenvalue weighted by atomic mass is 16.4. The van der Waals surface area contributed by atoms with Crippen LogP contribution in [0.2, 0.25) is 0 Å². The standard InChI is InChI=1S/C20H36N8O8/c1-9(2)15(19(35)36)28-17(33)11(5-6-13(22)29)26-18(34)12(8-14(30)31)27-16(32)10(21)4-3-7-25-20(23)24/h9-12,15H,3-8,21H2,1-2H3,(H2,22,29)(H,26,34)(H,27,32)(H,28,33)(H,30,31)(H,35,36)(H4,23,24,25). The molecule has 13 N–H and O–H groups in total.